The molecule has 1 atom stereocenters. The monoisotopic (exact) mass is 454 g/mol. The van der Waals surface area contributed by atoms with Crippen molar-refractivity contribution in [2.75, 3.05) is 13.1 Å². The lowest BCUT2D eigenvalue weighted by molar-refractivity contribution is -0.142. The molecule has 0 bridgehead atoms. The van der Waals surface area contributed by atoms with Gasteiger partial charge in [0.25, 0.3) is 5.91 Å². The van der Waals surface area contributed by atoms with E-state index in [2.05, 4.69) is 5.32 Å². The Morgan fingerprint density at radius 1 is 1.10 bits per heavy atom. The summed E-state index contributed by atoms with van der Waals surface area (Å²) in [6.07, 6.45) is 1.24. The number of ketones is 1. The number of nitrogens with zero attached hydrogens (tertiary/aromatic N) is 1. The Bertz CT molecular complexity index is 1000. The molecule has 1 unspecified atom stereocenters. The molecule has 5 nitrogen and oxygen atoms in total. The van der Waals surface area contributed by atoms with E-state index >= 15 is 0 Å². The van der Waals surface area contributed by atoms with E-state index in [0.717, 1.165) is 16.5 Å². The second kappa shape index (κ2) is 9.53. The highest BCUT2D eigenvalue weighted by atomic mass is 35.5. The lowest BCUT2D eigenvalue weighted by atomic mass is 10.1. The maximum absolute atomic E-state index is 13.8. The van der Waals surface area contributed by atoms with Gasteiger partial charge >= 0.3 is 0 Å². The molecule has 1 aliphatic rings. The SMILES string of the molecule is O=C(NCCCc1ccc(Cl)c(Cl)c1)C1CN(Cc2ccc(F)cc2F)C(=O)C1=O. The van der Waals surface area contributed by atoms with Crippen LogP contribution >= 0.6 is 23.2 Å². The topological polar surface area (TPSA) is 66.5 Å². The lowest BCUT2D eigenvalue weighted by Gasteiger charge is -2.16. The molecule has 0 aromatic heterocycles. The molecule has 1 fully saturated rings. The number of carbonyl (C=O) groups is 3. The standard InChI is InChI=1S/C21H18Cl2F2N2O3/c22-16-6-3-12(8-17(16)23)2-1-7-26-20(29)15-11-27(21(30)19(15)28)10-13-4-5-14(24)9-18(13)25/h3-6,8-9,15H,1-2,7,10-11H2,(H,26,29). The Hall–Kier alpha value is -2.51. The van der Waals surface area contributed by atoms with Crippen LogP contribution < -0.4 is 5.32 Å². The number of nitrogens with one attached hydrogen (secondary N) is 1. The molecule has 0 radical (unpaired) electrons. The minimum absolute atomic E-state index is 0.0697. The molecule has 3 rings (SSSR count). The van der Waals surface area contributed by atoms with Gasteiger partial charge in [-0.05, 0) is 36.6 Å². The van der Waals surface area contributed by atoms with Gasteiger partial charge in [0, 0.05) is 31.3 Å². The van der Waals surface area contributed by atoms with E-state index in [0.29, 0.717) is 35.5 Å². The van der Waals surface area contributed by atoms with Crippen LogP contribution in [-0.4, -0.2) is 35.6 Å². The number of carbonyl (C=O) groups excluding carboxylic acids is 3. The Labute approximate surface area is 181 Å². The van der Waals surface area contributed by atoms with Crippen molar-refractivity contribution in [3.05, 3.63) is 69.2 Å². The van der Waals surface area contributed by atoms with Crippen molar-refractivity contribution < 1.29 is 23.2 Å². The second-order valence-corrected chi connectivity index (χ2v) is 7.80. The van der Waals surface area contributed by atoms with E-state index in [9.17, 15) is 23.2 Å². The summed E-state index contributed by atoms with van der Waals surface area (Å²) in [5, 5.41) is 3.56. The second-order valence-electron chi connectivity index (χ2n) is 6.98. The third-order valence-corrected chi connectivity index (χ3v) is 5.57. The summed E-state index contributed by atoms with van der Waals surface area (Å²) in [4.78, 5) is 37.8. The van der Waals surface area contributed by atoms with Crippen LogP contribution in [0.2, 0.25) is 10.0 Å². The highest BCUT2D eigenvalue weighted by Crippen LogP contribution is 2.23. The number of halogens is 4. The maximum Gasteiger partial charge on any atom is 0.291 e. The fourth-order valence-electron chi connectivity index (χ4n) is 3.21. The Kier molecular flexibility index (Phi) is 7.05. The van der Waals surface area contributed by atoms with Gasteiger partial charge in [0.05, 0.1) is 10.0 Å². The van der Waals surface area contributed by atoms with E-state index in [1.807, 2.05) is 6.07 Å². The molecule has 1 saturated heterocycles. The smallest absolute Gasteiger partial charge is 0.291 e. The lowest BCUT2D eigenvalue weighted by Crippen LogP contribution is -2.36. The molecule has 1 N–H and O–H groups in total. The molecule has 158 valence electrons. The van der Waals surface area contributed by atoms with Gasteiger partial charge in [-0.1, -0.05) is 35.3 Å². The fourth-order valence-corrected chi connectivity index (χ4v) is 3.53. The van der Waals surface area contributed by atoms with Crippen LogP contribution in [0.15, 0.2) is 36.4 Å². The number of amides is 2. The van der Waals surface area contributed by atoms with Crippen molar-refractivity contribution in [3.8, 4) is 0 Å². The van der Waals surface area contributed by atoms with E-state index in [1.165, 1.54) is 6.07 Å². The van der Waals surface area contributed by atoms with E-state index in [4.69, 9.17) is 23.2 Å². The molecule has 2 amide bonds. The van der Waals surface area contributed by atoms with Crippen molar-refractivity contribution in [1.29, 1.82) is 0 Å². The first-order chi connectivity index (χ1) is 14.3. The number of benzene rings is 2. The van der Waals surface area contributed by atoms with E-state index < -0.39 is 35.1 Å². The maximum atomic E-state index is 13.8. The van der Waals surface area contributed by atoms with E-state index in [-0.39, 0.29) is 18.7 Å². The molecule has 1 heterocycles. The molecule has 0 aliphatic carbocycles. The van der Waals surface area contributed by atoms with Gasteiger partial charge < -0.3 is 10.2 Å². The molecule has 0 spiro atoms. The van der Waals surface area contributed by atoms with Crippen molar-refractivity contribution in [2.45, 2.75) is 19.4 Å². The highest BCUT2D eigenvalue weighted by molar-refractivity contribution is 6.42. The molecule has 1 aliphatic heterocycles. The van der Waals surface area contributed by atoms with Gasteiger partial charge in [0.15, 0.2) is 0 Å². The number of rotatable bonds is 7. The normalized spacial score (nSPS) is 16.3. The fraction of sp³-hybridized carbons (Fsp3) is 0.286. The first kappa shape index (κ1) is 22.2. The Balaban J connectivity index is 1.51. The molecule has 2 aromatic carbocycles. The van der Waals surface area contributed by atoms with Gasteiger partial charge in [-0.3, -0.25) is 14.4 Å². The van der Waals surface area contributed by atoms with Gasteiger partial charge in [-0.25, -0.2) is 8.78 Å². The van der Waals surface area contributed by atoms with Crippen LogP contribution in [0.4, 0.5) is 8.78 Å². The zero-order chi connectivity index (χ0) is 21.8. The molecule has 0 saturated carbocycles. The average Bonchev–Trinajstić information content (AvgIpc) is 2.98. The van der Waals surface area contributed by atoms with Gasteiger partial charge in [-0.2, -0.15) is 0 Å². The third kappa shape index (κ3) is 5.15. The van der Waals surface area contributed by atoms with Crippen LogP contribution in [0.1, 0.15) is 17.5 Å². The van der Waals surface area contributed by atoms with Gasteiger partial charge in [0.1, 0.15) is 17.6 Å². The van der Waals surface area contributed by atoms with Crippen molar-refractivity contribution >= 4 is 40.8 Å². The Morgan fingerprint density at radius 3 is 2.57 bits per heavy atom. The Morgan fingerprint density at radius 2 is 1.87 bits per heavy atom. The molecule has 2 aromatic rings. The molecular formula is C21H18Cl2F2N2O3. The zero-order valence-corrected chi connectivity index (χ0v) is 17.3. The quantitative estimate of drug-likeness (QED) is 0.395. The summed E-state index contributed by atoms with van der Waals surface area (Å²) in [6, 6.07) is 8.26. The number of Topliss-reactive ketones (excluding diaryl/α,β-unsaturated/α-hetero) is 1. The summed E-state index contributed by atoms with van der Waals surface area (Å²) >= 11 is 11.8. The molecule has 9 heteroatoms. The minimum Gasteiger partial charge on any atom is -0.355 e. The zero-order valence-electron chi connectivity index (χ0n) is 15.8. The number of likely N-dealkylation sites (tertiary alicyclic amines) is 1. The highest BCUT2D eigenvalue weighted by Gasteiger charge is 2.43. The van der Waals surface area contributed by atoms with Gasteiger partial charge in [0.2, 0.25) is 11.7 Å². The number of aryl methyl sites for hydroxylation is 1. The van der Waals surface area contributed by atoms with Gasteiger partial charge in [-0.15, -0.1) is 0 Å². The summed E-state index contributed by atoms with van der Waals surface area (Å²) in [5.74, 6) is -4.94. The predicted octanol–water partition coefficient (Wildman–Crippen LogP) is 3.55. The number of hydrogen-bond acceptors (Lipinski definition) is 3. The summed E-state index contributed by atoms with van der Waals surface area (Å²) in [7, 11) is 0. The average molecular weight is 455 g/mol. The molecule has 30 heavy (non-hydrogen) atoms. The van der Waals surface area contributed by atoms with E-state index in [1.54, 1.807) is 12.1 Å². The van der Waals surface area contributed by atoms with Crippen LogP contribution in [0.5, 0.6) is 0 Å². The third-order valence-electron chi connectivity index (χ3n) is 4.84. The van der Waals surface area contributed by atoms with Crippen LogP contribution in [0, 0.1) is 17.6 Å². The van der Waals surface area contributed by atoms with Crippen molar-refractivity contribution in [1.82, 2.24) is 10.2 Å². The summed E-state index contributed by atoms with van der Waals surface area (Å²) in [5.41, 5.74) is 1.03. The predicted molar refractivity (Wildman–Crippen MR) is 108 cm³/mol. The largest absolute Gasteiger partial charge is 0.355 e. The van der Waals surface area contributed by atoms with Crippen LogP contribution in [-0.2, 0) is 27.3 Å². The summed E-state index contributed by atoms with van der Waals surface area (Å²) < 4.78 is 26.8. The number of hydrogen-bond donors (Lipinski definition) is 1. The van der Waals surface area contributed by atoms with Crippen LogP contribution in [0.3, 0.4) is 0 Å². The van der Waals surface area contributed by atoms with Crippen molar-refractivity contribution in [3.63, 3.8) is 0 Å². The molecular weight excluding hydrogens is 437 g/mol. The first-order valence-corrected chi connectivity index (χ1v) is 10.0. The summed E-state index contributed by atoms with van der Waals surface area (Å²) in [6.45, 7) is -0.0471. The first-order valence-electron chi connectivity index (χ1n) is 9.25. The van der Waals surface area contributed by atoms with Crippen LogP contribution in [0.25, 0.3) is 0 Å². The van der Waals surface area contributed by atoms with Crippen molar-refractivity contribution in [2.24, 2.45) is 5.92 Å². The minimum atomic E-state index is -1.15.